The van der Waals surface area contributed by atoms with E-state index < -0.39 is 12.1 Å². The number of aryl methyl sites for hydroxylation is 1. The van der Waals surface area contributed by atoms with E-state index in [1.165, 1.54) is 4.90 Å². The van der Waals surface area contributed by atoms with E-state index >= 15 is 0 Å². The van der Waals surface area contributed by atoms with Crippen LogP contribution in [0.2, 0.25) is 5.02 Å². The van der Waals surface area contributed by atoms with E-state index in [1.807, 2.05) is 31.2 Å². The molecule has 2 aromatic carbocycles. The summed E-state index contributed by atoms with van der Waals surface area (Å²) in [6.07, 6.45) is 0. The van der Waals surface area contributed by atoms with Crippen LogP contribution in [0.5, 0.6) is 0 Å². The van der Waals surface area contributed by atoms with Crippen molar-refractivity contribution in [3.63, 3.8) is 0 Å². The molecule has 0 radical (unpaired) electrons. The van der Waals surface area contributed by atoms with E-state index in [2.05, 4.69) is 10.3 Å². The standard InChI is InChI=1S/C18H15ClN4O2/c1-11-2-8-14(9-3-11)23-17(24)15-16(18(23)25)22(21-20-15)10-12-4-6-13(19)7-5-12/h2-9,15-16H,10H2,1H3/t15-,16-/m1/s1. The zero-order valence-electron chi connectivity index (χ0n) is 13.5. The lowest BCUT2D eigenvalue weighted by Crippen LogP contribution is -2.39. The Morgan fingerprint density at radius 3 is 2.36 bits per heavy atom. The summed E-state index contributed by atoms with van der Waals surface area (Å²) in [6, 6.07) is 13.1. The van der Waals surface area contributed by atoms with Crippen LogP contribution in [0.15, 0.2) is 58.9 Å². The fourth-order valence-electron chi connectivity index (χ4n) is 3.08. The van der Waals surface area contributed by atoms with Crippen LogP contribution in [0.25, 0.3) is 0 Å². The summed E-state index contributed by atoms with van der Waals surface area (Å²) < 4.78 is 0. The number of fused-ring (bicyclic) bond motifs is 1. The van der Waals surface area contributed by atoms with Gasteiger partial charge in [-0.25, -0.2) is 4.90 Å². The maximum absolute atomic E-state index is 12.9. The first-order valence-corrected chi connectivity index (χ1v) is 8.29. The number of hydrogen-bond acceptors (Lipinski definition) is 5. The Labute approximate surface area is 149 Å². The Morgan fingerprint density at radius 2 is 1.68 bits per heavy atom. The van der Waals surface area contributed by atoms with Crippen LogP contribution in [0.3, 0.4) is 0 Å². The molecule has 6 nitrogen and oxygen atoms in total. The molecule has 2 atom stereocenters. The van der Waals surface area contributed by atoms with Gasteiger partial charge in [0.05, 0.1) is 12.2 Å². The van der Waals surface area contributed by atoms with Gasteiger partial charge in [0, 0.05) is 5.02 Å². The van der Waals surface area contributed by atoms with E-state index in [4.69, 9.17) is 11.6 Å². The largest absolute Gasteiger partial charge is 0.271 e. The second kappa shape index (κ2) is 5.97. The number of amides is 2. The van der Waals surface area contributed by atoms with E-state index in [0.29, 0.717) is 17.3 Å². The Bertz CT molecular complexity index is 864. The van der Waals surface area contributed by atoms with Crippen molar-refractivity contribution in [1.29, 1.82) is 0 Å². The molecule has 2 aliphatic rings. The highest BCUT2D eigenvalue weighted by atomic mass is 35.5. The average Bonchev–Trinajstić information content (AvgIpc) is 3.12. The molecule has 0 unspecified atom stereocenters. The minimum absolute atomic E-state index is 0.294. The molecule has 0 saturated carbocycles. The zero-order valence-corrected chi connectivity index (χ0v) is 14.2. The summed E-state index contributed by atoms with van der Waals surface area (Å²) in [5.74, 6) is -0.626. The van der Waals surface area contributed by atoms with Crippen LogP contribution in [-0.2, 0) is 16.1 Å². The van der Waals surface area contributed by atoms with Gasteiger partial charge in [0.1, 0.15) is 0 Å². The molecule has 0 N–H and O–H groups in total. The van der Waals surface area contributed by atoms with Crippen LogP contribution >= 0.6 is 11.6 Å². The molecule has 0 bridgehead atoms. The third-order valence-corrected chi connectivity index (χ3v) is 4.66. The number of carbonyl (C=O) groups is 2. The van der Waals surface area contributed by atoms with Gasteiger partial charge in [-0.2, -0.15) is 5.11 Å². The quantitative estimate of drug-likeness (QED) is 0.795. The van der Waals surface area contributed by atoms with Crippen LogP contribution in [-0.4, -0.2) is 28.9 Å². The predicted molar refractivity (Wildman–Crippen MR) is 93.1 cm³/mol. The number of carbonyl (C=O) groups excluding carboxylic acids is 2. The summed E-state index contributed by atoms with van der Waals surface area (Å²) in [5.41, 5.74) is 2.57. The normalized spacial score (nSPS) is 22.0. The summed E-state index contributed by atoms with van der Waals surface area (Å²) in [6.45, 7) is 2.34. The van der Waals surface area contributed by atoms with Crippen molar-refractivity contribution in [1.82, 2.24) is 5.01 Å². The van der Waals surface area contributed by atoms with Crippen molar-refractivity contribution in [3.05, 3.63) is 64.7 Å². The molecule has 2 aromatic rings. The smallest absolute Gasteiger partial charge is 0.263 e. The van der Waals surface area contributed by atoms with Crippen molar-refractivity contribution < 1.29 is 9.59 Å². The third kappa shape index (κ3) is 2.68. The molecule has 0 aliphatic carbocycles. The van der Waals surface area contributed by atoms with Crippen LogP contribution in [0, 0.1) is 6.92 Å². The number of halogens is 1. The topological polar surface area (TPSA) is 65.3 Å². The van der Waals surface area contributed by atoms with Gasteiger partial charge in [-0.1, -0.05) is 46.7 Å². The van der Waals surface area contributed by atoms with Crippen molar-refractivity contribution in [2.75, 3.05) is 4.90 Å². The third-order valence-electron chi connectivity index (χ3n) is 4.41. The summed E-state index contributed by atoms with van der Waals surface area (Å²) in [5, 5.41) is 10.3. The first kappa shape index (κ1) is 15.8. The minimum Gasteiger partial charge on any atom is -0.271 e. The average molecular weight is 355 g/mol. The molecule has 0 aromatic heterocycles. The van der Waals surface area contributed by atoms with Crippen molar-refractivity contribution in [2.24, 2.45) is 10.3 Å². The monoisotopic (exact) mass is 354 g/mol. The zero-order chi connectivity index (χ0) is 17.6. The van der Waals surface area contributed by atoms with Crippen LogP contribution in [0.4, 0.5) is 5.69 Å². The summed E-state index contributed by atoms with van der Waals surface area (Å²) >= 11 is 5.90. The first-order chi connectivity index (χ1) is 12.0. The maximum Gasteiger partial charge on any atom is 0.263 e. The highest BCUT2D eigenvalue weighted by molar-refractivity contribution is 6.30. The molecule has 7 heteroatoms. The van der Waals surface area contributed by atoms with E-state index in [9.17, 15) is 9.59 Å². The Hall–Kier alpha value is -2.73. The van der Waals surface area contributed by atoms with Crippen molar-refractivity contribution in [3.8, 4) is 0 Å². The molecule has 0 spiro atoms. The van der Waals surface area contributed by atoms with Gasteiger partial charge in [0.25, 0.3) is 11.8 Å². The second-order valence-electron chi connectivity index (χ2n) is 6.17. The van der Waals surface area contributed by atoms with Gasteiger partial charge in [-0.3, -0.25) is 14.6 Å². The molecule has 25 heavy (non-hydrogen) atoms. The number of imide groups is 1. The summed E-state index contributed by atoms with van der Waals surface area (Å²) in [7, 11) is 0. The molecule has 1 fully saturated rings. The van der Waals surface area contributed by atoms with Gasteiger partial charge in [-0.15, -0.1) is 0 Å². The lowest BCUT2D eigenvalue weighted by molar-refractivity contribution is -0.123. The summed E-state index contributed by atoms with van der Waals surface area (Å²) in [4.78, 5) is 26.7. The highest BCUT2D eigenvalue weighted by Crippen LogP contribution is 2.32. The predicted octanol–water partition coefficient (Wildman–Crippen LogP) is 3.14. The molecule has 4 rings (SSSR count). The lowest BCUT2D eigenvalue weighted by atomic mass is 10.1. The van der Waals surface area contributed by atoms with Crippen LogP contribution < -0.4 is 4.90 Å². The van der Waals surface area contributed by atoms with E-state index in [-0.39, 0.29) is 11.8 Å². The maximum atomic E-state index is 12.9. The van der Waals surface area contributed by atoms with Crippen molar-refractivity contribution in [2.45, 2.75) is 25.6 Å². The Balaban J connectivity index is 1.59. The molecule has 2 aliphatic heterocycles. The fraction of sp³-hybridized carbons (Fsp3) is 0.222. The molecule has 126 valence electrons. The number of nitrogens with zero attached hydrogens (tertiary/aromatic N) is 4. The van der Waals surface area contributed by atoms with Gasteiger partial charge in [0.2, 0.25) is 0 Å². The van der Waals surface area contributed by atoms with Gasteiger partial charge in [-0.05, 0) is 36.8 Å². The van der Waals surface area contributed by atoms with Gasteiger partial charge >= 0.3 is 0 Å². The number of hydrogen-bond donors (Lipinski definition) is 0. The first-order valence-electron chi connectivity index (χ1n) is 7.91. The number of benzene rings is 2. The van der Waals surface area contributed by atoms with E-state index in [0.717, 1.165) is 11.1 Å². The Morgan fingerprint density at radius 1 is 1.00 bits per heavy atom. The van der Waals surface area contributed by atoms with E-state index in [1.54, 1.807) is 29.3 Å². The Kier molecular flexibility index (Phi) is 3.77. The number of anilines is 1. The minimum atomic E-state index is -0.777. The van der Waals surface area contributed by atoms with Gasteiger partial charge in [0.15, 0.2) is 12.1 Å². The molecule has 2 heterocycles. The number of rotatable bonds is 3. The molecule has 2 amide bonds. The molecular formula is C18H15ClN4O2. The fourth-order valence-corrected chi connectivity index (χ4v) is 3.21. The SMILES string of the molecule is Cc1ccc(N2C(=O)[C@@H]3N=NN(Cc4ccc(Cl)cc4)[C@H]3C2=O)cc1. The van der Waals surface area contributed by atoms with Crippen LogP contribution in [0.1, 0.15) is 11.1 Å². The lowest BCUT2D eigenvalue weighted by Gasteiger charge is -2.20. The van der Waals surface area contributed by atoms with Gasteiger partial charge < -0.3 is 0 Å². The van der Waals surface area contributed by atoms with Crippen molar-refractivity contribution >= 4 is 29.1 Å². The highest BCUT2D eigenvalue weighted by Gasteiger charge is 2.54. The molecule has 1 saturated heterocycles. The molecular weight excluding hydrogens is 340 g/mol. The second-order valence-corrected chi connectivity index (χ2v) is 6.60.